The maximum atomic E-state index is 13.0. The third-order valence-electron chi connectivity index (χ3n) is 4.55. The molecule has 0 spiro atoms. The molecule has 0 unspecified atom stereocenters. The Bertz CT molecular complexity index is 1290. The lowest BCUT2D eigenvalue weighted by Crippen LogP contribution is -2.35. The van der Waals surface area contributed by atoms with Gasteiger partial charge in [-0.05, 0) is 12.1 Å². The van der Waals surface area contributed by atoms with E-state index in [2.05, 4.69) is 20.4 Å². The van der Waals surface area contributed by atoms with Crippen LogP contribution in [0, 0.1) is 0 Å². The third-order valence-corrected chi connectivity index (χ3v) is 6.29. The van der Waals surface area contributed by atoms with Crippen molar-refractivity contribution in [2.24, 2.45) is 7.05 Å². The molecule has 0 saturated carbocycles. The number of fused-ring (bicyclic) bond motifs is 1. The molecular formula is C18H18F6N6O2S. The number of sulfone groups is 1. The lowest BCUT2D eigenvalue weighted by Gasteiger charge is -2.21. The van der Waals surface area contributed by atoms with Gasteiger partial charge in [0.2, 0.25) is 0 Å². The Kier molecular flexibility index (Phi) is 6.32. The molecule has 3 rings (SSSR count). The number of hydrogen-bond acceptors (Lipinski definition) is 7. The van der Waals surface area contributed by atoms with Gasteiger partial charge in [0.15, 0.2) is 21.3 Å². The van der Waals surface area contributed by atoms with E-state index in [1.807, 2.05) is 0 Å². The number of aryl methyl sites for hydroxylation is 1. The van der Waals surface area contributed by atoms with Gasteiger partial charge in [-0.25, -0.2) is 28.4 Å². The van der Waals surface area contributed by atoms with Crippen molar-refractivity contribution in [3.8, 4) is 11.5 Å². The fraction of sp³-hybridized carbons (Fsp3) is 0.389. The number of imidazole rings is 1. The normalized spacial score (nSPS) is 13.2. The van der Waals surface area contributed by atoms with E-state index in [-0.39, 0.29) is 39.0 Å². The zero-order chi connectivity index (χ0) is 24.8. The molecule has 0 aliphatic rings. The fourth-order valence-electron chi connectivity index (χ4n) is 3.04. The van der Waals surface area contributed by atoms with Gasteiger partial charge in [0.05, 0.1) is 28.1 Å². The maximum Gasteiger partial charge on any atom is 0.417 e. The lowest BCUT2D eigenvalue weighted by molar-refractivity contribution is -0.140. The average molecular weight is 496 g/mol. The summed E-state index contributed by atoms with van der Waals surface area (Å²) >= 11 is 0. The van der Waals surface area contributed by atoms with Gasteiger partial charge in [-0.1, -0.05) is 6.92 Å². The number of halogens is 6. The molecule has 0 saturated heterocycles. The average Bonchev–Trinajstić information content (AvgIpc) is 3.01. The summed E-state index contributed by atoms with van der Waals surface area (Å²) in [6, 6.07) is 1.88. The van der Waals surface area contributed by atoms with Gasteiger partial charge in [0.25, 0.3) is 0 Å². The van der Waals surface area contributed by atoms with E-state index in [0.717, 1.165) is 25.4 Å². The molecule has 0 aliphatic heterocycles. The van der Waals surface area contributed by atoms with Crippen molar-refractivity contribution in [1.29, 1.82) is 0 Å². The predicted octanol–water partition coefficient (Wildman–Crippen LogP) is 3.66. The zero-order valence-corrected chi connectivity index (χ0v) is 18.3. The summed E-state index contributed by atoms with van der Waals surface area (Å²) < 4.78 is 104. The first-order valence-corrected chi connectivity index (χ1v) is 10.9. The number of rotatable bonds is 6. The number of hydrazine groups is 1. The summed E-state index contributed by atoms with van der Waals surface area (Å²) in [5, 5.41) is 0.705. The quantitative estimate of drug-likeness (QED) is 0.411. The van der Waals surface area contributed by atoms with Gasteiger partial charge in [-0.2, -0.15) is 26.3 Å². The second-order valence-corrected chi connectivity index (χ2v) is 9.36. The maximum absolute atomic E-state index is 13.0. The van der Waals surface area contributed by atoms with Crippen LogP contribution in [0.15, 0.2) is 29.4 Å². The SMILES string of the molecule is CCS(=O)(=O)c1cc(NN(C)CC(F)(F)F)cnc1-c1nc2cc(C(F)(F)F)cnc2n1C. The number of nitrogens with one attached hydrogen (secondary N) is 1. The first kappa shape index (κ1) is 24.7. The van der Waals surface area contributed by atoms with Crippen LogP contribution in [-0.4, -0.2) is 58.5 Å². The van der Waals surface area contributed by atoms with Crippen molar-refractivity contribution >= 4 is 26.7 Å². The standard InChI is InChI=1S/C18H18F6N6O2S/c1-4-33(31,32)13-6-11(28-29(2)9-17(19,20)21)8-25-14(13)16-27-12-5-10(18(22,23)24)7-26-15(12)30(16)3/h5-8,28H,4,9H2,1-3H3. The van der Waals surface area contributed by atoms with Crippen LogP contribution in [0.25, 0.3) is 22.7 Å². The van der Waals surface area contributed by atoms with Gasteiger partial charge in [0, 0.05) is 20.3 Å². The van der Waals surface area contributed by atoms with Crippen molar-refractivity contribution < 1.29 is 34.8 Å². The fourth-order valence-corrected chi connectivity index (χ4v) is 4.09. The van der Waals surface area contributed by atoms with E-state index in [1.54, 1.807) is 0 Å². The van der Waals surface area contributed by atoms with Gasteiger partial charge in [-0.3, -0.25) is 0 Å². The molecule has 15 heteroatoms. The summed E-state index contributed by atoms with van der Waals surface area (Å²) in [5.74, 6) is -0.428. The molecule has 0 aromatic carbocycles. The smallest absolute Gasteiger partial charge is 0.317 e. The topological polar surface area (TPSA) is 93.0 Å². The van der Waals surface area contributed by atoms with Gasteiger partial charge in [0.1, 0.15) is 17.8 Å². The van der Waals surface area contributed by atoms with Crippen molar-refractivity contribution in [2.75, 3.05) is 24.8 Å². The molecule has 0 bridgehead atoms. The van der Waals surface area contributed by atoms with Crippen LogP contribution in [0.2, 0.25) is 0 Å². The number of anilines is 1. The first-order chi connectivity index (χ1) is 15.1. The van der Waals surface area contributed by atoms with Crippen LogP contribution < -0.4 is 5.43 Å². The van der Waals surface area contributed by atoms with Crippen LogP contribution in [0.3, 0.4) is 0 Å². The van der Waals surface area contributed by atoms with E-state index in [9.17, 15) is 34.8 Å². The van der Waals surface area contributed by atoms with Crippen molar-refractivity contribution in [3.63, 3.8) is 0 Å². The minimum absolute atomic E-state index is 0.0335. The molecule has 0 atom stereocenters. The zero-order valence-electron chi connectivity index (χ0n) is 17.5. The number of hydrogen-bond donors (Lipinski definition) is 1. The molecule has 0 aliphatic carbocycles. The molecule has 3 aromatic heterocycles. The van der Waals surface area contributed by atoms with Crippen LogP contribution in [0.1, 0.15) is 12.5 Å². The summed E-state index contributed by atoms with van der Waals surface area (Å²) in [7, 11) is -1.41. The molecule has 33 heavy (non-hydrogen) atoms. The van der Waals surface area contributed by atoms with Gasteiger partial charge in [-0.15, -0.1) is 0 Å². The van der Waals surface area contributed by atoms with Gasteiger partial charge >= 0.3 is 12.4 Å². The Hall–Kier alpha value is -2.94. The largest absolute Gasteiger partial charge is 0.417 e. The van der Waals surface area contributed by atoms with Crippen molar-refractivity contribution in [2.45, 2.75) is 24.2 Å². The highest BCUT2D eigenvalue weighted by Crippen LogP contribution is 2.33. The van der Waals surface area contributed by atoms with Crippen molar-refractivity contribution in [3.05, 3.63) is 30.1 Å². The molecule has 3 aromatic rings. The molecule has 8 nitrogen and oxygen atoms in total. The number of nitrogens with zero attached hydrogens (tertiary/aromatic N) is 5. The minimum Gasteiger partial charge on any atom is -0.317 e. The molecule has 180 valence electrons. The summed E-state index contributed by atoms with van der Waals surface area (Å²) in [6.07, 6.45) is -7.41. The Labute approximate surface area is 184 Å². The molecule has 1 N–H and O–H groups in total. The van der Waals surface area contributed by atoms with Crippen LogP contribution in [0.4, 0.5) is 32.0 Å². The number of aromatic nitrogens is 4. The predicted molar refractivity (Wildman–Crippen MR) is 107 cm³/mol. The van der Waals surface area contributed by atoms with Crippen LogP contribution in [-0.2, 0) is 23.1 Å². The van der Waals surface area contributed by atoms with Crippen molar-refractivity contribution in [1.82, 2.24) is 24.5 Å². The summed E-state index contributed by atoms with van der Waals surface area (Å²) in [5.41, 5.74) is 1.10. The number of pyridine rings is 2. The van der Waals surface area contributed by atoms with E-state index >= 15 is 0 Å². The number of alkyl halides is 6. The molecule has 3 heterocycles. The first-order valence-electron chi connectivity index (χ1n) is 9.30. The molecule has 0 amide bonds. The highest BCUT2D eigenvalue weighted by atomic mass is 32.2. The third kappa shape index (κ3) is 5.35. The van der Waals surface area contributed by atoms with Crippen LogP contribution in [0.5, 0.6) is 0 Å². The van der Waals surface area contributed by atoms with E-state index in [1.165, 1.54) is 18.5 Å². The molecular weight excluding hydrogens is 478 g/mol. The lowest BCUT2D eigenvalue weighted by atomic mass is 10.2. The Morgan fingerprint density at radius 1 is 1.09 bits per heavy atom. The van der Waals surface area contributed by atoms with E-state index in [4.69, 9.17) is 0 Å². The molecule has 0 radical (unpaired) electrons. The van der Waals surface area contributed by atoms with E-state index in [0.29, 0.717) is 11.2 Å². The Balaban J connectivity index is 2.12. The second kappa shape index (κ2) is 8.44. The monoisotopic (exact) mass is 496 g/mol. The highest BCUT2D eigenvalue weighted by Gasteiger charge is 2.32. The second-order valence-electron chi connectivity index (χ2n) is 7.12. The highest BCUT2D eigenvalue weighted by molar-refractivity contribution is 7.91. The molecule has 0 fully saturated rings. The summed E-state index contributed by atoms with van der Waals surface area (Å²) in [4.78, 5) is 11.6. The van der Waals surface area contributed by atoms with Gasteiger partial charge < -0.3 is 9.99 Å². The minimum atomic E-state index is -4.65. The Morgan fingerprint density at radius 3 is 2.33 bits per heavy atom. The van der Waals surface area contributed by atoms with Crippen LogP contribution >= 0.6 is 0 Å². The summed E-state index contributed by atoms with van der Waals surface area (Å²) in [6.45, 7) is 0.0453. The Morgan fingerprint density at radius 2 is 1.76 bits per heavy atom. The van der Waals surface area contributed by atoms with E-state index < -0.39 is 34.3 Å².